The lowest BCUT2D eigenvalue weighted by molar-refractivity contribution is 0.167. The summed E-state index contributed by atoms with van der Waals surface area (Å²) in [7, 11) is 0. The molecule has 2 aliphatic heterocycles. The molecule has 0 bridgehead atoms. The third-order valence-electron chi connectivity index (χ3n) is 4.99. The second kappa shape index (κ2) is 6.92. The Bertz CT molecular complexity index is 655. The number of carbonyl (C=O) groups excluding carboxylic acids is 2. The van der Waals surface area contributed by atoms with Gasteiger partial charge in [0.1, 0.15) is 0 Å². The topological polar surface area (TPSA) is 73.9 Å². The maximum absolute atomic E-state index is 12.8. The molecule has 1 aliphatic carbocycles. The summed E-state index contributed by atoms with van der Waals surface area (Å²) < 4.78 is 5.44. The Hall–Kier alpha value is -2.28. The fraction of sp³-hybridized carbons (Fsp3) is 0.556. The Morgan fingerprint density at radius 1 is 1.36 bits per heavy atom. The van der Waals surface area contributed by atoms with Gasteiger partial charge >= 0.3 is 12.1 Å². The van der Waals surface area contributed by atoms with Crippen LogP contribution in [0.15, 0.2) is 24.3 Å². The molecule has 25 heavy (non-hydrogen) atoms. The molecule has 2 saturated heterocycles. The molecule has 7 heteroatoms. The van der Waals surface area contributed by atoms with Crippen LogP contribution >= 0.6 is 0 Å². The molecule has 1 atom stereocenters. The highest BCUT2D eigenvalue weighted by Crippen LogP contribution is 2.30. The van der Waals surface area contributed by atoms with Gasteiger partial charge in [-0.15, -0.1) is 0 Å². The third kappa shape index (κ3) is 3.71. The van der Waals surface area contributed by atoms with Gasteiger partial charge in [-0.1, -0.05) is 6.07 Å². The number of urea groups is 2. The van der Waals surface area contributed by atoms with Crippen molar-refractivity contribution in [3.05, 3.63) is 24.3 Å². The number of carbonyl (C=O) groups is 2. The van der Waals surface area contributed by atoms with Gasteiger partial charge in [0.05, 0.1) is 6.61 Å². The number of anilines is 2. The predicted octanol–water partition coefficient (Wildman–Crippen LogP) is 2.25. The molecular formula is C18H24N4O3. The standard InChI is InChI=1S/C18H24N4O3/c23-17-19-7-8-21(17)16-3-1-2-14(10-16)20-18(24)22(15-4-5-15)11-13-6-9-25-12-13/h1-3,10,13,15H,4-9,11-12H2,(H,19,23)(H,20,24)/t13-/m0/s1. The van der Waals surface area contributed by atoms with E-state index in [1.807, 2.05) is 29.2 Å². The molecule has 2 N–H and O–H groups in total. The van der Waals surface area contributed by atoms with Crippen LogP contribution in [0.2, 0.25) is 0 Å². The molecule has 3 fully saturated rings. The van der Waals surface area contributed by atoms with Gasteiger partial charge in [0, 0.05) is 49.6 Å². The van der Waals surface area contributed by atoms with E-state index in [-0.39, 0.29) is 12.1 Å². The Kier molecular flexibility index (Phi) is 4.48. The van der Waals surface area contributed by atoms with E-state index in [0.717, 1.165) is 50.4 Å². The number of hydrogen-bond acceptors (Lipinski definition) is 3. The summed E-state index contributed by atoms with van der Waals surface area (Å²) >= 11 is 0. The Labute approximate surface area is 147 Å². The summed E-state index contributed by atoms with van der Waals surface area (Å²) in [6.45, 7) is 3.59. The fourth-order valence-corrected chi connectivity index (χ4v) is 3.45. The fourth-order valence-electron chi connectivity index (χ4n) is 3.45. The highest BCUT2D eigenvalue weighted by molar-refractivity contribution is 5.96. The van der Waals surface area contributed by atoms with Crippen LogP contribution in [0.3, 0.4) is 0 Å². The monoisotopic (exact) mass is 344 g/mol. The van der Waals surface area contributed by atoms with Gasteiger partial charge in [-0.3, -0.25) is 4.90 Å². The Balaban J connectivity index is 1.43. The summed E-state index contributed by atoms with van der Waals surface area (Å²) in [5, 5.41) is 5.79. The average Bonchev–Trinajstić information content (AvgIpc) is 3.13. The smallest absolute Gasteiger partial charge is 0.322 e. The zero-order valence-electron chi connectivity index (χ0n) is 14.2. The normalized spacial score (nSPS) is 22.8. The molecule has 0 radical (unpaired) electrons. The minimum Gasteiger partial charge on any atom is -0.381 e. The SMILES string of the molecule is O=C1NCCN1c1cccc(NC(=O)N(C[C@@H]2CCOC2)C2CC2)c1. The number of nitrogens with zero attached hydrogens (tertiary/aromatic N) is 2. The molecule has 0 spiro atoms. The highest BCUT2D eigenvalue weighted by Gasteiger charge is 2.35. The van der Waals surface area contributed by atoms with Crippen LogP contribution < -0.4 is 15.5 Å². The van der Waals surface area contributed by atoms with E-state index in [2.05, 4.69) is 10.6 Å². The summed E-state index contributed by atoms with van der Waals surface area (Å²) in [4.78, 5) is 28.2. The van der Waals surface area contributed by atoms with E-state index >= 15 is 0 Å². The van der Waals surface area contributed by atoms with Crippen molar-refractivity contribution >= 4 is 23.4 Å². The number of benzene rings is 1. The third-order valence-corrected chi connectivity index (χ3v) is 4.99. The van der Waals surface area contributed by atoms with Crippen LogP contribution in [-0.4, -0.2) is 55.9 Å². The molecule has 2 heterocycles. The average molecular weight is 344 g/mol. The molecule has 134 valence electrons. The minimum atomic E-state index is -0.0932. The number of rotatable bonds is 5. The van der Waals surface area contributed by atoms with Crippen LogP contribution in [0.25, 0.3) is 0 Å². The van der Waals surface area contributed by atoms with Crippen molar-refractivity contribution in [2.24, 2.45) is 5.92 Å². The lowest BCUT2D eigenvalue weighted by atomic mass is 10.1. The summed E-state index contributed by atoms with van der Waals surface area (Å²) in [5.74, 6) is 0.436. The van der Waals surface area contributed by atoms with Gasteiger partial charge in [0.15, 0.2) is 0 Å². The summed E-state index contributed by atoms with van der Waals surface area (Å²) in [6, 6.07) is 7.67. The maximum Gasteiger partial charge on any atom is 0.322 e. The first kappa shape index (κ1) is 16.2. The molecule has 1 saturated carbocycles. The van der Waals surface area contributed by atoms with E-state index in [4.69, 9.17) is 4.74 Å². The summed E-state index contributed by atoms with van der Waals surface area (Å²) in [6.07, 6.45) is 3.18. The van der Waals surface area contributed by atoms with Crippen molar-refractivity contribution in [2.75, 3.05) is 43.1 Å². The van der Waals surface area contributed by atoms with Gasteiger partial charge in [0.25, 0.3) is 0 Å². The van der Waals surface area contributed by atoms with Gasteiger partial charge in [-0.2, -0.15) is 0 Å². The number of amides is 4. The van der Waals surface area contributed by atoms with E-state index in [1.54, 1.807) is 4.90 Å². The van der Waals surface area contributed by atoms with Crippen molar-refractivity contribution in [3.8, 4) is 0 Å². The quantitative estimate of drug-likeness (QED) is 0.860. The zero-order valence-corrected chi connectivity index (χ0v) is 14.2. The van der Waals surface area contributed by atoms with Gasteiger partial charge in [-0.05, 0) is 37.5 Å². The maximum atomic E-state index is 12.8. The molecule has 1 aromatic rings. The largest absolute Gasteiger partial charge is 0.381 e. The second-order valence-corrected chi connectivity index (χ2v) is 6.98. The first-order valence-corrected chi connectivity index (χ1v) is 9.01. The molecule has 3 aliphatic rings. The van der Waals surface area contributed by atoms with Crippen molar-refractivity contribution in [3.63, 3.8) is 0 Å². The lowest BCUT2D eigenvalue weighted by Crippen LogP contribution is -2.40. The zero-order chi connectivity index (χ0) is 17.2. The van der Waals surface area contributed by atoms with Crippen LogP contribution in [0.5, 0.6) is 0 Å². The first-order valence-electron chi connectivity index (χ1n) is 9.01. The highest BCUT2D eigenvalue weighted by atomic mass is 16.5. The minimum absolute atomic E-state index is 0.0579. The molecule has 0 unspecified atom stereocenters. The van der Waals surface area contributed by atoms with Crippen molar-refractivity contribution in [1.82, 2.24) is 10.2 Å². The molecular weight excluding hydrogens is 320 g/mol. The second-order valence-electron chi connectivity index (χ2n) is 6.98. The molecule has 1 aromatic carbocycles. The molecule has 7 nitrogen and oxygen atoms in total. The number of hydrogen-bond donors (Lipinski definition) is 2. The lowest BCUT2D eigenvalue weighted by Gasteiger charge is -2.25. The van der Waals surface area contributed by atoms with Gasteiger partial charge in [-0.25, -0.2) is 9.59 Å². The van der Waals surface area contributed by atoms with Gasteiger partial charge < -0.3 is 20.3 Å². The molecule has 4 rings (SSSR count). The van der Waals surface area contributed by atoms with Crippen LogP contribution in [-0.2, 0) is 4.74 Å². The predicted molar refractivity (Wildman–Crippen MR) is 94.9 cm³/mol. The molecule has 0 aromatic heterocycles. The van der Waals surface area contributed by atoms with Crippen molar-refractivity contribution in [2.45, 2.75) is 25.3 Å². The number of ether oxygens (including phenoxy) is 1. The van der Waals surface area contributed by atoms with E-state index < -0.39 is 0 Å². The van der Waals surface area contributed by atoms with E-state index in [9.17, 15) is 9.59 Å². The van der Waals surface area contributed by atoms with Crippen LogP contribution in [0, 0.1) is 5.92 Å². The Morgan fingerprint density at radius 2 is 2.24 bits per heavy atom. The van der Waals surface area contributed by atoms with E-state index in [0.29, 0.717) is 25.0 Å². The van der Waals surface area contributed by atoms with Crippen LogP contribution in [0.1, 0.15) is 19.3 Å². The first-order chi connectivity index (χ1) is 12.2. The van der Waals surface area contributed by atoms with Crippen molar-refractivity contribution in [1.29, 1.82) is 0 Å². The molecule has 4 amide bonds. The number of nitrogens with one attached hydrogen (secondary N) is 2. The summed E-state index contributed by atoms with van der Waals surface area (Å²) in [5.41, 5.74) is 1.52. The van der Waals surface area contributed by atoms with Gasteiger partial charge in [0.2, 0.25) is 0 Å². The Morgan fingerprint density at radius 3 is 2.92 bits per heavy atom. The van der Waals surface area contributed by atoms with Crippen molar-refractivity contribution < 1.29 is 14.3 Å². The van der Waals surface area contributed by atoms with E-state index in [1.165, 1.54) is 0 Å². The van der Waals surface area contributed by atoms with Crippen LogP contribution in [0.4, 0.5) is 21.0 Å².